The molecule has 0 bridgehead atoms. The van der Waals surface area contributed by atoms with Crippen molar-refractivity contribution in [2.75, 3.05) is 11.9 Å². The van der Waals surface area contributed by atoms with E-state index in [4.69, 9.17) is 0 Å². The van der Waals surface area contributed by atoms with Gasteiger partial charge in [-0.05, 0) is 49.4 Å². The van der Waals surface area contributed by atoms with E-state index in [0.29, 0.717) is 5.69 Å². The molecule has 1 saturated heterocycles. The zero-order chi connectivity index (χ0) is 20.5. The number of anilines is 1. The lowest BCUT2D eigenvalue weighted by Gasteiger charge is -2.22. The predicted molar refractivity (Wildman–Crippen MR) is 93.6 cm³/mol. The molecule has 1 aliphatic heterocycles. The van der Waals surface area contributed by atoms with Crippen molar-refractivity contribution < 1.29 is 27.6 Å². The molecule has 2 aromatic rings. The lowest BCUT2D eigenvalue weighted by Crippen LogP contribution is -2.42. The van der Waals surface area contributed by atoms with Gasteiger partial charge in [-0.1, -0.05) is 0 Å². The van der Waals surface area contributed by atoms with Crippen molar-refractivity contribution in [2.24, 2.45) is 0 Å². The Bertz CT molecular complexity index is 949. The highest BCUT2D eigenvalue weighted by Crippen LogP contribution is 2.31. The van der Waals surface area contributed by atoms with Gasteiger partial charge < -0.3 is 10.6 Å². The third-order valence-electron chi connectivity index (χ3n) is 4.43. The van der Waals surface area contributed by atoms with Gasteiger partial charge in [0.25, 0.3) is 5.91 Å². The first-order valence-electron chi connectivity index (χ1n) is 8.36. The van der Waals surface area contributed by atoms with Crippen molar-refractivity contribution in [3.63, 3.8) is 0 Å². The number of urea groups is 1. The van der Waals surface area contributed by atoms with Crippen molar-refractivity contribution in [3.8, 4) is 0 Å². The Kier molecular flexibility index (Phi) is 5.08. The summed E-state index contributed by atoms with van der Waals surface area (Å²) >= 11 is 0. The number of hydrogen-bond donors (Lipinski definition) is 2. The van der Waals surface area contributed by atoms with Crippen molar-refractivity contribution in [1.29, 1.82) is 0 Å². The van der Waals surface area contributed by atoms with Crippen LogP contribution >= 0.6 is 0 Å². The van der Waals surface area contributed by atoms with Gasteiger partial charge in [0.15, 0.2) is 0 Å². The Morgan fingerprint density at radius 3 is 2.39 bits per heavy atom. The van der Waals surface area contributed by atoms with Gasteiger partial charge in [-0.15, -0.1) is 0 Å². The SMILES string of the molecule is C[C@@]1(c2cc(F)ccc2F)NC(=O)N(CCC(=O)Nc2ccc(F)cc2)C1=O. The molecule has 0 radical (unpaired) electrons. The molecular weight excluding hydrogens is 375 g/mol. The van der Waals surface area contributed by atoms with Gasteiger partial charge in [0.1, 0.15) is 23.0 Å². The van der Waals surface area contributed by atoms with Gasteiger partial charge in [0.05, 0.1) is 0 Å². The van der Waals surface area contributed by atoms with Gasteiger partial charge in [-0.2, -0.15) is 0 Å². The smallest absolute Gasteiger partial charge is 0.325 e. The summed E-state index contributed by atoms with van der Waals surface area (Å²) in [4.78, 5) is 37.7. The average molecular weight is 391 g/mol. The number of imide groups is 1. The number of hydrogen-bond acceptors (Lipinski definition) is 3. The summed E-state index contributed by atoms with van der Waals surface area (Å²) < 4.78 is 40.5. The molecule has 1 fully saturated rings. The topological polar surface area (TPSA) is 78.5 Å². The summed E-state index contributed by atoms with van der Waals surface area (Å²) in [6, 6.07) is 6.88. The molecule has 28 heavy (non-hydrogen) atoms. The molecule has 6 nitrogen and oxygen atoms in total. The van der Waals surface area contributed by atoms with E-state index in [1.165, 1.54) is 31.2 Å². The molecule has 2 N–H and O–H groups in total. The lowest BCUT2D eigenvalue weighted by molar-refractivity contribution is -0.131. The van der Waals surface area contributed by atoms with E-state index < -0.39 is 40.8 Å². The lowest BCUT2D eigenvalue weighted by atomic mass is 9.91. The molecule has 1 aliphatic rings. The third-order valence-corrected chi connectivity index (χ3v) is 4.43. The zero-order valence-corrected chi connectivity index (χ0v) is 14.8. The first kappa shape index (κ1) is 19.4. The van der Waals surface area contributed by atoms with E-state index in [1.54, 1.807) is 0 Å². The molecule has 2 aromatic carbocycles. The maximum absolute atomic E-state index is 14.1. The quantitative estimate of drug-likeness (QED) is 0.770. The number of rotatable bonds is 5. The van der Waals surface area contributed by atoms with Crippen LogP contribution in [0, 0.1) is 17.5 Å². The maximum atomic E-state index is 14.1. The molecule has 1 heterocycles. The van der Waals surface area contributed by atoms with Crippen LogP contribution in [-0.4, -0.2) is 29.3 Å². The first-order valence-corrected chi connectivity index (χ1v) is 8.36. The summed E-state index contributed by atoms with van der Waals surface area (Å²) in [5.41, 5.74) is -1.73. The van der Waals surface area contributed by atoms with Gasteiger partial charge in [0, 0.05) is 24.2 Å². The van der Waals surface area contributed by atoms with Gasteiger partial charge in [-0.25, -0.2) is 18.0 Å². The monoisotopic (exact) mass is 391 g/mol. The average Bonchev–Trinajstić information content (AvgIpc) is 2.87. The second kappa shape index (κ2) is 7.34. The number of nitrogens with one attached hydrogen (secondary N) is 2. The van der Waals surface area contributed by atoms with Crippen molar-refractivity contribution in [1.82, 2.24) is 10.2 Å². The van der Waals surface area contributed by atoms with Crippen molar-refractivity contribution >= 4 is 23.5 Å². The minimum absolute atomic E-state index is 0.224. The summed E-state index contributed by atoms with van der Waals surface area (Å²) in [6.45, 7) is 1.01. The Balaban J connectivity index is 1.69. The van der Waals surface area contributed by atoms with Crippen LogP contribution in [0.25, 0.3) is 0 Å². The van der Waals surface area contributed by atoms with E-state index in [-0.39, 0.29) is 18.5 Å². The van der Waals surface area contributed by atoms with Crippen molar-refractivity contribution in [3.05, 3.63) is 65.5 Å². The Morgan fingerprint density at radius 1 is 1.07 bits per heavy atom. The molecule has 146 valence electrons. The van der Waals surface area contributed by atoms with Gasteiger partial charge >= 0.3 is 6.03 Å². The van der Waals surface area contributed by atoms with E-state index in [0.717, 1.165) is 23.1 Å². The highest BCUT2D eigenvalue weighted by molar-refractivity contribution is 6.07. The molecule has 3 rings (SSSR count). The largest absolute Gasteiger partial charge is 0.326 e. The molecule has 9 heteroatoms. The standard InChI is InChI=1S/C19H16F3N3O3/c1-19(14-10-12(21)4-7-15(14)22)17(27)25(18(28)24-19)9-8-16(26)23-13-5-2-11(20)3-6-13/h2-7,10H,8-9H2,1H3,(H,23,26)(H,24,28)/t19-/m0/s1. The van der Waals surface area contributed by atoms with Crippen LogP contribution in [0.5, 0.6) is 0 Å². The highest BCUT2D eigenvalue weighted by atomic mass is 19.1. The van der Waals surface area contributed by atoms with Crippen LogP contribution in [-0.2, 0) is 15.1 Å². The van der Waals surface area contributed by atoms with Crippen LogP contribution in [0.1, 0.15) is 18.9 Å². The highest BCUT2D eigenvalue weighted by Gasteiger charge is 2.50. The normalized spacial score (nSPS) is 18.9. The number of nitrogens with zero attached hydrogens (tertiary/aromatic N) is 1. The molecule has 0 aromatic heterocycles. The fourth-order valence-corrected chi connectivity index (χ4v) is 2.93. The summed E-state index contributed by atoms with van der Waals surface area (Å²) in [5, 5.41) is 4.86. The summed E-state index contributed by atoms with van der Waals surface area (Å²) in [6.07, 6.45) is -0.224. The van der Waals surface area contributed by atoms with E-state index >= 15 is 0 Å². The van der Waals surface area contributed by atoms with Crippen LogP contribution in [0.3, 0.4) is 0 Å². The maximum Gasteiger partial charge on any atom is 0.325 e. The van der Waals surface area contributed by atoms with E-state index in [1.807, 2.05) is 0 Å². The van der Waals surface area contributed by atoms with E-state index in [2.05, 4.69) is 10.6 Å². The number of carbonyl (C=O) groups is 3. The fraction of sp³-hybridized carbons (Fsp3) is 0.211. The fourth-order valence-electron chi connectivity index (χ4n) is 2.93. The summed E-state index contributed by atoms with van der Waals surface area (Å²) in [5.74, 6) is -3.35. The predicted octanol–water partition coefficient (Wildman–Crippen LogP) is 2.90. The molecule has 0 unspecified atom stereocenters. The molecular formula is C19H16F3N3O3. The van der Waals surface area contributed by atoms with Crippen LogP contribution in [0.2, 0.25) is 0 Å². The Hall–Kier alpha value is -3.36. The minimum atomic E-state index is -1.78. The molecule has 0 saturated carbocycles. The third kappa shape index (κ3) is 3.68. The van der Waals surface area contributed by atoms with E-state index in [9.17, 15) is 27.6 Å². The molecule has 1 atom stereocenters. The second-order valence-corrected chi connectivity index (χ2v) is 6.44. The van der Waals surface area contributed by atoms with Crippen LogP contribution < -0.4 is 10.6 Å². The van der Waals surface area contributed by atoms with Crippen LogP contribution in [0.4, 0.5) is 23.7 Å². The summed E-state index contributed by atoms with van der Waals surface area (Å²) in [7, 11) is 0. The van der Waals surface area contributed by atoms with Crippen LogP contribution in [0.15, 0.2) is 42.5 Å². The molecule has 0 spiro atoms. The Morgan fingerprint density at radius 2 is 1.71 bits per heavy atom. The molecule has 0 aliphatic carbocycles. The number of benzene rings is 2. The first-order chi connectivity index (χ1) is 13.2. The Labute approximate surface area is 158 Å². The number of halogens is 3. The van der Waals surface area contributed by atoms with Gasteiger partial charge in [0.2, 0.25) is 5.91 Å². The second-order valence-electron chi connectivity index (χ2n) is 6.44. The number of carbonyl (C=O) groups excluding carboxylic acids is 3. The number of amides is 4. The molecule has 4 amide bonds. The minimum Gasteiger partial charge on any atom is -0.326 e. The van der Waals surface area contributed by atoms with Gasteiger partial charge in [-0.3, -0.25) is 14.5 Å². The zero-order valence-electron chi connectivity index (χ0n) is 14.8. The van der Waals surface area contributed by atoms with Crippen molar-refractivity contribution in [2.45, 2.75) is 18.9 Å².